The molecule has 4 nitrogen and oxygen atoms in total. The number of carboxylic acid groups (broad SMARTS) is 1. The molecule has 0 radical (unpaired) electrons. The predicted octanol–water partition coefficient (Wildman–Crippen LogP) is 3.21. The molecule has 1 aromatic heterocycles. The van der Waals surface area contributed by atoms with E-state index in [1.54, 1.807) is 5.38 Å². The fourth-order valence-corrected chi connectivity index (χ4v) is 3.68. The molecule has 0 bridgehead atoms. The highest BCUT2D eigenvalue weighted by molar-refractivity contribution is 7.09. The fourth-order valence-electron chi connectivity index (χ4n) is 2.84. The molecule has 1 fully saturated rings. The average Bonchev–Trinajstić information content (AvgIpc) is 2.83. The van der Waals surface area contributed by atoms with Gasteiger partial charge in [-0.15, -0.1) is 11.3 Å². The summed E-state index contributed by atoms with van der Waals surface area (Å²) < 4.78 is 0. The lowest BCUT2D eigenvalue weighted by molar-refractivity contribution is 0.0690. The Morgan fingerprint density at radius 2 is 2.16 bits per heavy atom. The highest BCUT2D eigenvalue weighted by Crippen LogP contribution is 2.27. The van der Waals surface area contributed by atoms with Gasteiger partial charge < -0.3 is 5.11 Å². The summed E-state index contributed by atoms with van der Waals surface area (Å²) in [4.78, 5) is 17.6. The number of carboxylic acids is 1. The molecule has 0 spiro atoms. The van der Waals surface area contributed by atoms with Gasteiger partial charge in [-0.25, -0.2) is 9.78 Å². The molecule has 0 saturated carbocycles. The van der Waals surface area contributed by atoms with Crippen LogP contribution in [0, 0.1) is 0 Å². The van der Waals surface area contributed by atoms with Gasteiger partial charge in [0.1, 0.15) is 0 Å². The van der Waals surface area contributed by atoms with Gasteiger partial charge in [-0.05, 0) is 26.7 Å². The van der Waals surface area contributed by atoms with Crippen LogP contribution in [-0.4, -0.2) is 39.6 Å². The number of rotatable bonds is 4. The second-order valence-corrected chi connectivity index (χ2v) is 6.49. The van der Waals surface area contributed by atoms with Gasteiger partial charge in [-0.1, -0.05) is 13.3 Å². The normalized spacial score (nSPS) is 26.3. The first-order valence-corrected chi connectivity index (χ1v) is 7.81. The van der Waals surface area contributed by atoms with Crippen LogP contribution in [0.3, 0.4) is 0 Å². The van der Waals surface area contributed by atoms with E-state index in [4.69, 9.17) is 5.11 Å². The molecule has 1 aromatic rings. The Bertz CT molecular complexity index is 436. The van der Waals surface area contributed by atoms with Gasteiger partial charge in [0, 0.05) is 29.9 Å². The van der Waals surface area contributed by atoms with Crippen LogP contribution in [-0.2, 0) is 0 Å². The molecule has 3 unspecified atom stereocenters. The van der Waals surface area contributed by atoms with Crippen LogP contribution in [0.5, 0.6) is 0 Å². The number of hydrogen-bond acceptors (Lipinski definition) is 4. The topological polar surface area (TPSA) is 53.4 Å². The van der Waals surface area contributed by atoms with Crippen molar-refractivity contribution >= 4 is 17.3 Å². The van der Waals surface area contributed by atoms with Crippen LogP contribution >= 0.6 is 11.3 Å². The summed E-state index contributed by atoms with van der Waals surface area (Å²) >= 11 is 1.46. The zero-order valence-corrected chi connectivity index (χ0v) is 12.6. The molecular formula is C14H22N2O2S. The Hall–Kier alpha value is -0.940. The summed E-state index contributed by atoms with van der Waals surface area (Å²) in [5.74, 6) is -0.643. The van der Waals surface area contributed by atoms with E-state index in [0.29, 0.717) is 18.0 Å². The molecule has 2 heterocycles. The monoisotopic (exact) mass is 282 g/mol. The lowest BCUT2D eigenvalue weighted by Gasteiger charge is -2.40. The Kier molecular flexibility index (Phi) is 4.58. The van der Waals surface area contributed by atoms with Crippen molar-refractivity contribution in [2.24, 2.45) is 0 Å². The number of aromatic nitrogens is 1. The van der Waals surface area contributed by atoms with E-state index in [1.807, 2.05) is 0 Å². The van der Waals surface area contributed by atoms with E-state index in [-0.39, 0.29) is 5.69 Å². The molecule has 1 N–H and O–H groups in total. The molecule has 1 saturated heterocycles. The van der Waals surface area contributed by atoms with Gasteiger partial charge in [0.2, 0.25) is 0 Å². The van der Waals surface area contributed by atoms with Crippen LogP contribution in [0.1, 0.15) is 61.4 Å². The van der Waals surface area contributed by atoms with Gasteiger partial charge in [0.15, 0.2) is 5.69 Å². The quantitative estimate of drug-likeness (QED) is 0.921. The first-order chi connectivity index (χ1) is 8.99. The van der Waals surface area contributed by atoms with Crippen molar-refractivity contribution in [2.45, 2.75) is 58.0 Å². The number of nitrogens with zero attached hydrogens (tertiary/aromatic N) is 2. The van der Waals surface area contributed by atoms with E-state index in [9.17, 15) is 4.79 Å². The highest BCUT2D eigenvalue weighted by atomic mass is 32.1. The molecule has 5 heteroatoms. The summed E-state index contributed by atoms with van der Waals surface area (Å²) in [6, 6.07) is 1.23. The maximum atomic E-state index is 10.9. The van der Waals surface area contributed by atoms with Crippen molar-refractivity contribution in [1.29, 1.82) is 0 Å². The minimum Gasteiger partial charge on any atom is -0.476 e. The van der Waals surface area contributed by atoms with Crippen molar-refractivity contribution in [3.05, 3.63) is 16.1 Å². The van der Waals surface area contributed by atoms with E-state index in [1.165, 1.54) is 30.6 Å². The lowest BCUT2D eigenvalue weighted by Crippen LogP contribution is -2.45. The molecule has 0 aromatic carbocycles. The van der Waals surface area contributed by atoms with Gasteiger partial charge in [-0.3, -0.25) is 4.90 Å². The summed E-state index contributed by atoms with van der Waals surface area (Å²) in [5.41, 5.74) is 0.173. The van der Waals surface area contributed by atoms with Crippen molar-refractivity contribution < 1.29 is 9.90 Å². The number of likely N-dealkylation sites (tertiary alicyclic amines) is 1. The fraction of sp³-hybridized carbons (Fsp3) is 0.714. The van der Waals surface area contributed by atoms with Crippen molar-refractivity contribution in [1.82, 2.24) is 9.88 Å². The molecule has 1 aliphatic rings. The van der Waals surface area contributed by atoms with E-state index < -0.39 is 5.97 Å². The summed E-state index contributed by atoms with van der Waals surface area (Å²) in [5, 5.41) is 11.5. The Morgan fingerprint density at radius 3 is 2.68 bits per heavy atom. The third kappa shape index (κ3) is 3.34. The van der Waals surface area contributed by atoms with E-state index in [2.05, 4.69) is 30.7 Å². The minimum absolute atomic E-state index is 0.173. The van der Waals surface area contributed by atoms with Crippen LogP contribution in [0.2, 0.25) is 0 Å². The SMILES string of the molecule is CC(CN1C(C)CCCC1C)c1nc(C(=O)O)cs1. The van der Waals surface area contributed by atoms with Crippen molar-refractivity contribution in [2.75, 3.05) is 6.54 Å². The molecule has 19 heavy (non-hydrogen) atoms. The first-order valence-electron chi connectivity index (χ1n) is 6.93. The highest BCUT2D eigenvalue weighted by Gasteiger charge is 2.27. The van der Waals surface area contributed by atoms with Crippen molar-refractivity contribution in [3.63, 3.8) is 0 Å². The van der Waals surface area contributed by atoms with E-state index >= 15 is 0 Å². The van der Waals surface area contributed by atoms with Gasteiger partial charge >= 0.3 is 5.97 Å². The Morgan fingerprint density at radius 1 is 1.53 bits per heavy atom. The predicted molar refractivity (Wildman–Crippen MR) is 77.0 cm³/mol. The molecule has 2 rings (SSSR count). The number of aromatic carboxylic acids is 1. The molecule has 0 aliphatic carbocycles. The standard InChI is InChI=1S/C14H22N2O2S/c1-9(13-15-12(8-19-13)14(17)18)7-16-10(2)5-4-6-11(16)3/h8-11H,4-7H2,1-3H3,(H,17,18). The third-order valence-electron chi connectivity index (χ3n) is 4.02. The van der Waals surface area contributed by atoms with Crippen LogP contribution in [0.4, 0.5) is 0 Å². The average molecular weight is 282 g/mol. The van der Waals surface area contributed by atoms with Crippen molar-refractivity contribution in [3.8, 4) is 0 Å². The number of hydrogen-bond donors (Lipinski definition) is 1. The van der Waals surface area contributed by atoms with Crippen LogP contribution in [0.15, 0.2) is 5.38 Å². The van der Waals surface area contributed by atoms with E-state index in [0.717, 1.165) is 11.6 Å². The second kappa shape index (κ2) is 6.01. The summed E-state index contributed by atoms with van der Waals surface area (Å²) in [7, 11) is 0. The van der Waals surface area contributed by atoms with Crippen LogP contribution in [0.25, 0.3) is 0 Å². The Labute approximate surface area is 118 Å². The largest absolute Gasteiger partial charge is 0.476 e. The van der Waals surface area contributed by atoms with Gasteiger partial charge in [0.25, 0.3) is 0 Å². The zero-order valence-electron chi connectivity index (χ0n) is 11.8. The minimum atomic E-state index is -0.936. The molecule has 3 atom stereocenters. The van der Waals surface area contributed by atoms with Gasteiger partial charge in [-0.2, -0.15) is 0 Å². The molecule has 106 valence electrons. The second-order valence-electron chi connectivity index (χ2n) is 5.60. The number of carbonyl (C=O) groups is 1. The number of piperidine rings is 1. The zero-order chi connectivity index (χ0) is 14.0. The smallest absolute Gasteiger partial charge is 0.355 e. The lowest BCUT2D eigenvalue weighted by atomic mass is 9.96. The van der Waals surface area contributed by atoms with Crippen LogP contribution < -0.4 is 0 Å². The molecule has 1 aliphatic heterocycles. The molecule has 0 amide bonds. The number of thiazole rings is 1. The summed E-state index contributed by atoms with van der Waals surface area (Å²) in [6.45, 7) is 7.67. The maximum absolute atomic E-state index is 10.9. The first kappa shape index (κ1) is 14.5. The third-order valence-corrected chi connectivity index (χ3v) is 5.10. The Balaban J connectivity index is 2.02. The van der Waals surface area contributed by atoms with Gasteiger partial charge in [0.05, 0.1) is 5.01 Å². The maximum Gasteiger partial charge on any atom is 0.355 e. The summed E-state index contributed by atoms with van der Waals surface area (Å²) in [6.07, 6.45) is 3.83. The molecular weight excluding hydrogens is 260 g/mol.